The molecular formula is C15H16FN3O3S. The fraction of sp³-hybridized carbons (Fsp3) is 0.400. The lowest BCUT2D eigenvalue weighted by Gasteiger charge is -2.29. The zero-order valence-electron chi connectivity index (χ0n) is 12.5. The fourth-order valence-electron chi connectivity index (χ4n) is 2.89. The Bertz CT molecular complexity index is 666. The van der Waals surface area contributed by atoms with E-state index in [-0.39, 0.29) is 16.3 Å². The number of nitrogens with one attached hydrogen (secondary N) is 2. The van der Waals surface area contributed by atoms with Crippen molar-refractivity contribution in [2.45, 2.75) is 30.7 Å². The van der Waals surface area contributed by atoms with Crippen molar-refractivity contribution >= 4 is 29.5 Å². The van der Waals surface area contributed by atoms with E-state index in [1.165, 1.54) is 24.3 Å². The molecule has 0 bridgehead atoms. The van der Waals surface area contributed by atoms with E-state index in [2.05, 4.69) is 10.9 Å². The lowest BCUT2D eigenvalue weighted by molar-refractivity contribution is -0.138. The van der Waals surface area contributed by atoms with E-state index in [1.807, 2.05) is 6.92 Å². The molecule has 0 aliphatic carbocycles. The molecule has 2 fully saturated rings. The number of carbonyl (C=O) groups is 3. The maximum Gasteiger partial charge on any atom is 0.269 e. The molecular weight excluding hydrogens is 321 g/mol. The molecule has 3 amide bonds. The van der Waals surface area contributed by atoms with Crippen molar-refractivity contribution in [3.8, 4) is 0 Å². The van der Waals surface area contributed by atoms with Crippen LogP contribution in [0.3, 0.4) is 0 Å². The average molecular weight is 337 g/mol. The van der Waals surface area contributed by atoms with E-state index < -0.39 is 23.7 Å². The van der Waals surface area contributed by atoms with E-state index in [1.54, 1.807) is 16.7 Å². The molecule has 2 atom stereocenters. The van der Waals surface area contributed by atoms with Crippen LogP contribution in [0.5, 0.6) is 0 Å². The molecule has 2 heterocycles. The summed E-state index contributed by atoms with van der Waals surface area (Å²) >= 11 is 1.58. The number of hydrogen-bond acceptors (Lipinski definition) is 4. The molecule has 2 aliphatic heterocycles. The molecule has 0 radical (unpaired) electrons. The first-order chi connectivity index (χ1) is 10.9. The normalized spacial score (nSPS) is 26.1. The SMILES string of the molecule is C[C@@]12CCC(=O)N1[C@H](C(=O)NNC(=O)c1ccc(F)cc1)CS2. The average Bonchev–Trinajstić information content (AvgIpc) is 3.02. The molecule has 0 spiro atoms. The number of carbonyl (C=O) groups excluding carboxylic acids is 3. The van der Waals surface area contributed by atoms with E-state index in [4.69, 9.17) is 0 Å². The van der Waals surface area contributed by atoms with Crippen molar-refractivity contribution in [3.05, 3.63) is 35.6 Å². The lowest BCUT2D eigenvalue weighted by atomic mass is 10.2. The summed E-state index contributed by atoms with van der Waals surface area (Å²) in [5.74, 6) is -0.949. The number of rotatable bonds is 2. The highest BCUT2D eigenvalue weighted by Gasteiger charge is 2.52. The third kappa shape index (κ3) is 2.90. The van der Waals surface area contributed by atoms with Crippen LogP contribution in [0.15, 0.2) is 24.3 Å². The first-order valence-corrected chi connectivity index (χ1v) is 8.21. The van der Waals surface area contributed by atoms with Crippen LogP contribution in [-0.4, -0.2) is 39.3 Å². The van der Waals surface area contributed by atoms with Crippen molar-refractivity contribution < 1.29 is 18.8 Å². The van der Waals surface area contributed by atoms with Crippen LogP contribution in [0.25, 0.3) is 0 Å². The Morgan fingerprint density at radius 1 is 1.30 bits per heavy atom. The summed E-state index contributed by atoms with van der Waals surface area (Å²) in [5, 5.41) is 0. The topological polar surface area (TPSA) is 78.5 Å². The molecule has 0 aromatic heterocycles. The van der Waals surface area contributed by atoms with Gasteiger partial charge in [0.1, 0.15) is 11.9 Å². The minimum atomic E-state index is -0.589. The number of nitrogens with zero attached hydrogens (tertiary/aromatic N) is 1. The highest BCUT2D eigenvalue weighted by Crippen LogP contribution is 2.47. The summed E-state index contributed by atoms with van der Waals surface area (Å²) in [6.45, 7) is 1.95. The molecule has 122 valence electrons. The van der Waals surface area contributed by atoms with Gasteiger partial charge in [0.15, 0.2) is 0 Å². The van der Waals surface area contributed by atoms with Gasteiger partial charge in [0.05, 0.1) is 4.87 Å². The van der Waals surface area contributed by atoms with Crippen LogP contribution in [-0.2, 0) is 9.59 Å². The number of hydrogen-bond donors (Lipinski definition) is 2. The molecule has 1 aromatic rings. The predicted octanol–water partition coefficient (Wildman–Crippen LogP) is 1.04. The molecule has 8 heteroatoms. The van der Waals surface area contributed by atoms with Gasteiger partial charge in [-0.3, -0.25) is 25.2 Å². The number of benzene rings is 1. The Labute approximate surface area is 136 Å². The Kier molecular flexibility index (Phi) is 4.01. The summed E-state index contributed by atoms with van der Waals surface area (Å²) < 4.78 is 12.8. The first kappa shape index (κ1) is 15.8. The van der Waals surface area contributed by atoms with Crippen molar-refractivity contribution in [2.75, 3.05) is 5.75 Å². The second-order valence-electron chi connectivity index (χ2n) is 5.72. The fourth-order valence-corrected chi connectivity index (χ4v) is 4.32. The van der Waals surface area contributed by atoms with Crippen LogP contribution in [0.1, 0.15) is 30.1 Å². The van der Waals surface area contributed by atoms with Gasteiger partial charge in [-0.05, 0) is 37.6 Å². The molecule has 23 heavy (non-hydrogen) atoms. The van der Waals surface area contributed by atoms with E-state index in [0.717, 1.165) is 6.42 Å². The molecule has 6 nitrogen and oxygen atoms in total. The van der Waals surface area contributed by atoms with E-state index in [9.17, 15) is 18.8 Å². The zero-order chi connectivity index (χ0) is 16.6. The van der Waals surface area contributed by atoms with Gasteiger partial charge in [-0.2, -0.15) is 0 Å². The smallest absolute Gasteiger partial charge is 0.269 e. The highest BCUT2D eigenvalue weighted by atomic mass is 32.2. The van der Waals surface area contributed by atoms with Crippen LogP contribution >= 0.6 is 11.8 Å². The molecule has 0 unspecified atom stereocenters. The zero-order valence-corrected chi connectivity index (χ0v) is 13.3. The second-order valence-corrected chi connectivity index (χ2v) is 7.22. The molecule has 2 saturated heterocycles. The maximum absolute atomic E-state index is 12.8. The maximum atomic E-state index is 12.8. The summed E-state index contributed by atoms with van der Waals surface area (Å²) in [6, 6.07) is 4.39. The van der Waals surface area contributed by atoms with Crippen molar-refractivity contribution in [3.63, 3.8) is 0 Å². The van der Waals surface area contributed by atoms with E-state index >= 15 is 0 Å². The monoisotopic (exact) mass is 337 g/mol. The number of thioether (sulfide) groups is 1. The van der Waals surface area contributed by atoms with Gasteiger partial charge < -0.3 is 4.90 Å². The lowest BCUT2D eigenvalue weighted by Crippen LogP contribution is -2.54. The molecule has 1 aromatic carbocycles. The molecule has 0 saturated carbocycles. The van der Waals surface area contributed by atoms with Crippen LogP contribution in [0, 0.1) is 5.82 Å². The van der Waals surface area contributed by atoms with Crippen molar-refractivity contribution in [1.82, 2.24) is 15.8 Å². The second kappa shape index (κ2) is 5.84. The Morgan fingerprint density at radius 2 is 2.00 bits per heavy atom. The minimum Gasteiger partial charge on any atom is -0.315 e. The van der Waals surface area contributed by atoms with Gasteiger partial charge in [0, 0.05) is 17.7 Å². The summed E-state index contributed by atoms with van der Waals surface area (Å²) in [6.07, 6.45) is 1.16. The summed E-state index contributed by atoms with van der Waals surface area (Å²) in [5.41, 5.74) is 4.87. The standard InChI is InChI=1S/C15H16FN3O3S/c1-15-7-6-12(20)19(15)11(8-23-15)14(22)18-17-13(21)9-2-4-10(16)5-3-9/h2-5,11H,6-8H2,1H3,(H,17,21)(H,18,22)/t11-,15+/m0/s1. The third-order valence-electron chi connectivity index (χ3n) is 4.15. The van der Waals surface area contributed by atoms with Gasteiger partial charge in [-0.15, -0.1) is 11.8 Å². The van der Waals surface area contributed by atoms with Crippen molar-refractivity contribution in [1.29, 1.82) is 0 Å². The minimum absolute atomic E-state index is 0.0393. The highest BCUT2D eigenvalue weighted by molar-refractivity contribution is 8.01. The molecule has 2 N–H and O–H groups in total. The molecule has 2 aliphatic rings. The van der Waals surface area contributed by atoms with Gasteiger partial charge >= 0.3 is 0 Å². The van der Waals surface area contributed by atoms with Crippen LogP contribution in [0.2, 0.25) is 0 Å². The number of amides is 3. The third-order valence-corrected chi connectivity index (χ3v) is 5.66. The quantitative estimate of drug-likeness (QED) is 0.791. The number of fused-ring (bicyclic) bond motifs is 1. The van der Waals surface area contributed by atoms with E-state index in [0.29, 0.717) is 12.2 Å². The van der Waals surface area contributed by atoms with Crippen LogP contribution in [0.4, 0.5) is 4.39 Å². The largest absolute Gasteiger partial charge is 0.315 e. The summed E-state index contributed by atoms with van der Waals surface area (Å²) in [7, 11) is 0. The number of hydrazine groups is 1. The van der Waals surface area contributed by atoms with Gasteiger partial charge in [-0.25, -0.2) is 4.39 Å². The first-order valence-electron chi connectivity index (χ1n) is 7.22. The Balaban J connectivity index is 1.60. The van der Waals surface area contributed by atoms with Gasteiger partial charge in [0.25, 0.3) is 11.8 Å². The van der Waals surface area contributed by atoms with Gasteiger partial charge in [0.2, 0.25) is 5.91 Å². The Morgan fingerprint density at radius 3 is 2.70 bits per heavy atom. The van der Waals surface area contributed by atoms with Crippen molar-refractivity contribution in [2.24, 2.45) is 0 Å². The Hall–Kier alpha value is -2.09. The number of halogens is 1. The molecule has 3 rings (SSSR count). The predicted molar refractivity (Wildman–Crippen MR) is 82.7 cm³/mol. The summed E-state index contributed by atoms with van der Waals surface area (Å²) in [4.78, 5) is 37.4. The van der Waals surface area contributed by atoms with Crippen LogP contribution < -0.4 is 10.9 Å². The van der Waals surface area contributed by atoms with Gasteiger partial charge in [-0.1, -0.05) is 0 Å².